The molecule has 0 spiro atoms. The lowest BCUT2D eigenvalue weighted by atomic mass is 10.1. The molecule has 0 aliphatic heterocycles. The van der Waals surface area contributed by atoms with Gasteiger partial charge in [-0.05, 0) is 12.1 Å². The summed E-state index contributed by atoms with van der Waals surface area (Å²) in [6.45, 7) is -1.50. The van der Waals surface area contributed by atoms with Gasteiger partial charge in [0.1, 0.15) is 6.61 Å². The van der Waals surface area contributed by atoms with Crippen LogP contribution in [0.25, 0.3) is 10.9 Å². The van der Waals surface area contributed by atoms with Crippen LogP contribution in [-0.4, -0.2) is 42.0 Å². The van der Waals surface area contributed by atoms with Gasteiger partial charge in [-0.25, -0.2) is 0 Å². The van der Waals surface area contributed by atoms with Crippen molar-refractivity contribution in [3.05, 3.63) is 30.0 Å². The highest BCUT2D eigenvalue weighted by Gasteiger charge is 2.27. The fourth-order valence-corrected chi connectivity index (χ4v) is 1.60. The molecule has 1 amide bonds. The number of aromatic amines is 1. The molecule has 2 rings (SSSR count). The number of benzene rings is 1. The molecular formula is C12H12F3N3O2. The molecule has 0 saturated carbocycles. The number of aromatic nitrogens is 2. The van der Waals surface area contributed by atoms with E-state index in [1.807, 2.05) is 0 Å². The Hall–Kier alpha value is -2.09. The molecule has 0 aliphatic rings. The number of hydrogen-bond acceptors (Lipinski definition) is 3. The van der Waals surface area contributed by atoms with Crippen LogP contribution in [0.1, 0.15) is 10.4 Å². The minimum absolute atomic E-state index is 0.00985. The van der Waals surface area contributed by atoms with Gasteiger partial charge in [-0.1, -0.05) is 6.07 Å². The first-order valence-corrected chi connectivity index (χ1v) is 5.81. The summed E-state index contributed by atoms with van der Waals surface area (Å²) in [6.07, 6.45) is -2.72. The summed E-state index contributed by atoms with van der Waals surface area (Å²) >= 11 is 0. The van der Waals surface area contributed by atoms with E-state index in [2.05, 4.69) is 20.3 Å². The molecule has 0 atom stereocenters. The summed E-state index contributed by atoms with van der Waals surface area (Å²) in [7, 11) is 0. The smallest absolute Gasteiger partial charge is 0.370 e. The van der Waals surface area contributed by atoms with E-state index in [-0.39, 0.29) is 19.1 Å². The predicted octanol–water partition coefficient (Wildman–Crippen LogP) is 1.87. The molecule has 1 heterocycles. The molecule has 1 aromatic heterocycles. The molecule has 0 fully saturated rings. The van der Waals surface area contributed by atoms with Crippen molar-refractivity contribution in [3.8, 4) is 0 Å². The second kappa shape index (κ2) is 5.91. The Balaban J connectivity index is 1.80. The zero-order valence-electron chi connectivity index (χ0n) is 10.3. The maximum Gasteiger partial charge on any atom is 0.411 e. The molecular weight excluding hydrogens is 275 g/mol. The Labute approximate surface area is 112 Å². The second-order valence-corrected chi connectivity index (χ2v) is 4.10. The molecule has 0 radical (unpaired) electrons. The van der Waals surface area contributed by atoms with Crippen molar-refractivity contribution in [2.24, 2.45) is 0 Å². The Bertz CT molecular complexity index is 595. The number of carbonyl (C=O) groups is 1. The number of fused-ring (bicyclic) bond motifs is 1. The van der Waals surface area contributed by atoms with Crippen LogP contribution in [0.15, 0.2) is 24.4 Å². The molecule has 0 saturated heterocycles. The van der Waals surface area contributed by atoms with Gasteiger partial charge in [-0.2, -0.15) is 18.3 Å². The lowest BCUT2D eigenvalue weighted by Crippen LogP contribution is -2.28. The lowest BCUT2D eigenvalue weighted by Gasteiger charge is -2.08. The van der Waals surface area contributed by atoms with Crippen molar-refractivity contribution in [2.45, 2.75) is 6.18 Å². The van der Waals surface area contributed by atoms with E-state index in [1.54, 1.807) is 24.4 Å². The third-order valence-electron chi connectivity index (χ3n) is 2.50. The number of nitrogens with zero attached hydrogens (tertiary/aromatic N) is 1. The van der Waals surface area contributed by atoms with Crippen molar-refractivity contribution >= 4 is 16.8 Å². The number of hydrogen-bond donors (Lipinski definition) is 2. The van der Waals surface area contributed by atoms with E-state index >= 15 is 0 Å². The van der Waals surface area contributed by atoms with Crippen molar-refractivity contribution in [1.29, 1.82) is 0 Å². The van der Waals surface area contributed by atoms with Crippen LogP contribution in [0.3, 0.4) is 0 Å². The summed E-state index contributed by atoms with van der Waals surface area (Å²) in [5.41, 5.74) is 1.11. The standard InChI is InChI=1S/C12H12F3N3O2/c13-12(14,15)7-20-4-3-16-11(19)8-1-2-9-6-17-18-10(9)5-8/h1-2,5-6H,3-4,7H2,(H,16,19)(H,17,18). The zero-order valence-corrected chi connectivity index (χ0v) is 10.3. The number of amides is 1. The largest absolute Gasteiger partial charge is 0.411 e. The summed E-state index contributed by atoms with van der Waals surface area (Å²) < 4.78 is 39.8. The van der Waals surface area contributed by atoms with E-state index < -0.39 is 12.8 Å². The second-order valence-electron chi connectivity index (χ2n) is 4.10. The predicted molar refractivity (Wildman–Crippen MR) is 65.3 cm³/mol. The van der Waals surface area contributed by atoms with Gasteiger partial charge in [0.15, 0.2) is 0 Å². The van der Waals surface area contributed by atoms with E-state index in [1.165, 1.54) is 0 Å². The molecule has 0 aliphatic carbocycles. The van der Waals surface area contributed by atoms with Crippen molar-refractivity contribution < 1.29 is 22.7 Å². The molecule has 0 bridgehead atoms. The number of H-pyrrole nitrogens is 1. The summed E-state index contributed by atoms with van der Waals surface area (Å²) in [6, 6.07) is 4.96. The zero-order chi connectivity index (χ0) is 14.6. The monoisotopic (exact) mass is 287 g/mol. The minimum atomic E-state index is -4.35. The average Bonchev–Trinajstić information content (AvgIpc) is 2.83. The minimum Gasteiger partial charge on any atom is -0.370 e. The van der Waals surface area contributed by atoms with Gasteiger partial charge in [0, 0.05) is 17.5 Å². The number of halogens is 3. The van der Waals surface area contributed by atoms with Crippen LogP contribution in [0.4, 0.5) is 13.2 Å². The van der Waals surface area contributed by atoms with E-state index in [0.29, 0.717) is 11.1 Å². The van der Waals surface area contributed by atoms with Crippen LogP contribution < -0.4 is 5.32 Å². The first-order valence-electron chi connectivity index (χ1n) is 5.81. The molecule has 1 aromatic carbocycles. The van der Waals surface area contributed by atoms with Crippen molar-refractivity contribution in [3.63, 3.8) is 0 Å². The quantitative estimate of drug-likeness (QED) is 0.825. The maximum atomic E-state index is 11.8. The highest BCUT2D eigenvalue weighted by molar-refractivity contribution is 5.97. The van der Waals surface area contributed by atoms with Gasteiger partial charge in [0.25, 0.3) is 5.91 Å². The first-order chi connectivity index (χ1) is 9.46. The van der Waals surface area contributed by atoms with Gasteiger partial charge in [0.2, 0.25) is 0 Å². The Morgan fingerprint density at radius 3 is 2.95 bits per heavy atom. The highest BCUT2D eigenvalue weighted by atomic mass is 19.4. The molecule has 0 unspecified atom stereocenters. The Morgan fingerprint density at radius 2 is 2.20 bits per heavy atom. The Morgan fingerprint density at radius 1 is 1.40 bits per heavy atom. The number of carbonyl (C=O) groups excluding carboxylic acids is 1. The number of ether oxygens (including phenoxy) is 1. The molecule has 20 heavy (non-hydrogen) atoms. The van der Waals surface area contributed by atoms with E-state index in [9.17, 15) is 18.0 Å². The molecule has 108 valence electrons. The van der Waals surface area contributed by atoms with E-state index in [4.69, 9.17) is 0 Å². The normalized spacial score (nSPS) is 11.8. The highest BCUT2D eigenvalue weighted by Crippen LogP contribution is 2.14. The summed E-state index contributed by atoms with van der Waals surface area (Å²) in [5.74, 6) is -0.378. The fourth-order valence-electron chi connectivity index (χ4n) is 1.60. The Kier molecular flexibility index (Phi) is 4.23. The SMILES string of the molecule is O=C(NCCOCC(F)(F)F)c1ccc2cn[nH]c2c1. The molecule has 2 aromatic rings. The third-order valence-corrected chi connectivity index (χ3v) is 2.50. The van der Waals surface area contributed by atoms with Crippen molar-refractivity contribution in [2.75, 3.05) is 19.8 Å². The van der Waals surface area contributed by atoms with Gasteiger partial charge in [-0.3, -0.25) is 9.89 Å². The van der Waals surface area contributed by atoms with Gasteiger partial charge in [-0.15, -0.1) is 0 Å². The first kappa shape index (κ1) is 14.3. The maximum absolute atomic E-state index is 11.8. The average molecular weight is 287 g/mol. The van der Waals surface area contributed by atoms with Crippen LogP contribution in [-0.2, 0) is 4.74 Å². The number of alkyl halides is 3. The van der Waals surface area contributed by atoms with Gasteiger partial charge < -0.3 is 10.1 Å². The van der Waals surface area contributed by atoms with Gasteiger partial charge in [0.05, 0.1) is 18.3 Å². The summed E-state index contributed by atoms with van der Waals surface area (Å²) in [4.78, 5) is 11.7. The lowest BCUT2D eigenvalue weighted by molar-refractivity contribution is -0.173. The summed E-state index contributed by atoms with van der Waals surface area (Å²) in [5, 5.41) is 9.90. The fraction of sp³-hybridized carbons (Fsp3) is 0.333. The van der Waals surface area contributed by atoms with Crippen LogP contribution in [0.2, 0.25) is 0 Å². The number of nitrogens with one attached hydrogen (secondary N) is 2. The van der Waals surface area contributed by atoms with Crippen LogP contribution in [0.5, 0.6) is 0 Å². The van der Waals surface area contributed by atoms with Crippen molar-refractivity contribution in [1.82, 2.24) is 15.5 Å². The third kappa shape index (κ3) is 3.95. The number of rotatable bonds is 5. The molecule has 5 nitrogen and oxygen atoms in total. The van der Waals surface area contributed by atoms with E-state index in [0.717, 1.165) is 5.39 Å². The van der Waals surface area contributed by atoms with Gasteiger partial charge >= 0.3 is 6.18 Å². The van der Waals surface area contributed by atoms with Crippen LogP contribution in [0, 0.1) is 0 Å². The van der Waals surface area contributed by atoms with Crippen LogP contribution >= 0.6 is 0 Å². The molecule has 8 heteroatoms. The molecule has 2 N–H and O–H groups in total. The topological polar surface area (TPSA) is 67.0 Å².